The molecule has 1 N–H and O–H groups in total. The van der Waals surface area contributed by atoms with E-state index in [4.69, 9.17) is 14.5 Å². The Labute approximate surface area is 230 Å². The molecule has 39 heavy (non-hydrogen) atoms. The predicted molar refractivity (Wildman–Crippen MR) is 156 cm³/mol. The number of carbonyl (C=O) groups is 2. The molecule has 1 aliphatic heterocycles. The van der Waals surface area contributed by atoms with Crippen LogP contribution in [0.25, 0.3) is 0 Å². The van der Waals surface area contributed by atoms with E-state index >= 15 is 0 Å². The van der Waals surface area contributed by atoms with E-state index < -0.39 is 5.92 Å². The highest BCUT2D eigenvalue weighted by molar-refractivity contribution is 6.24. The Balaban J connectivity index is 1.72. The molecule has 8 nitrogen and oxygen atoms in total. The van der Waals surface area contributed by atoms with Gasteiger partial charge in [-0.25, -0.2) is 0 Å². The number of hydrogen-bond acceptors (Lipinski definition) is 6. The predicted octanol–water partition coefficient (Wildman–Crippen LogP) is 5.26. The van der Waals surface area contributed by atoms with E-state index in [1.165, 1.54) is 0 Å². The summed E-state index contributed by atoms with van der Waals surface area (Å²) in [7, 11) is 7.19. The van der Waals surface area contributed by atoms with Crippen molar-refractivity contribution in [2.24, 2.45) is 4.99 Å². The van der Waals surface area contributed by atoms with Crippen LogP contribution in [-0.4, -0.2) is 63.8 Å². The number of amides is 2. The second-order valence-corrected chi connectivity index (χ2v) is 9.65. The lowest BCUT2D eigenvalue weighted by Gasteiger charge is -2.23. The maximum atomic E-state index is 13.3. The molecule has 0 spiro atoms. The van der Waals surface area contributed by atoms with Gasteiger partial charge in [-0.2, -0.15) is 0 Å². The second-order valence-electron chi connectivity index (χ2n) is 9.65. The summed E-state index contributed by atoms with van der Waals surface area (Å²) in [6.07, 6.45) is 1.31. The Morgan fingerprint density at radius 3 is 2.23 bits per heavy atom. The number of benzene rings is 3. The van der Waals surface area contributed by atoms with E-state index in [0.29, 0.717) is 41.6 Å². The van der Waals surface area contributed by atoms with Gasteiger partial charge in [-0.3, -0.25) is 14.6 Å². The molecule has 0 aliphatic carbocycles. The Morgan fingerprint density at radius 2 is 1.62 bits per heavy atom. The first-order valence-electron chi connectivity index (χ1n) is 13.1. The summed E-state index contributed by atoms with van der Waals surface area (Å²) in [5.41, 5.74) is 4.44. The molecule has 3 aromatic rings. The van der Waals surface area contributed by atoms with Gasteiger partial charge in [0.1, 0.15) is 5.92 Å². The summed E-state index contributed by atoms with van der Waals surface area (Å²) in [4.78, 5) is 34.9. The van der Waals surface area contributed by atoms with Gasteiger partial charge < -0.3 is 24.6 Å². The van der Waals surface area contributed by atoms with E-state index in [-0.39, 0.29) is 11.8 Å². The first-order chi connectivity index (χ1) is 18.9. The molecule has 0 bridgehead atoms. The van der Waals surface area contributed by atoms with Crippen LogP contribution in [0.5, 0.6) is 11.5 Å². The second kappa shape index (κ2) is 12.6. The number of anilines is 2. The molecule has 4 rings (SSSR count). The number of methoxy groups -OCH3 is 2. The molecule has 0 saturated heterocycles. The standard InChI is InChI=1S/C31H36N4O4/c1-6-28(36)35(18-10-17-34(2)3)23-15-13-22(14-16-23)32-30(21-11-8-7-9-12-21)29-24-19-26(38-4)27(39-5)20-25(24)33-31(29)37/h7-9,11-16,19-20,29H,6,10,17-18H2,1-5H3,(H,33,37). The van der Waals surface area contributed by atoms with Gasteiger partial charge in [0.15, 0.2) is 11.5 Å². The summed E-state index contributed by atoms with van der Waals surface area (Å²) < 4.78 is 10.9. The molecular weight excluding hydrogens is 492 g/mol. The molecule has 1 aliphatic rings. The highest BCUT2D eigenvalue weighted by Crippen LogP contribution is 2.42. The zero-order valence-electron chi connectivity index (χ0n) is 23.2. The molecular formula is C31H36N4O4. The quantitative estimate of drug-likeness (QED) is 0.344. The first-order valence-corrected chi connectivity index (χ1v) is 13.1. The van der Waals surface area contributed by atoms with Crippen molar-refractivity contribution in [2.75, 3.05) is 51.6 Å². The minimum atomic E-state index is -0.633. The molecule has 0 fully saturated rings. The van der Waals surface area contributed by atoms with Crippen molar-refractivity contribution < 1.29 is 19.1 Å². The summed E-state index contributed by atoms with van der Waals surface area (Å²) in [5, 5.41) is 2.98. The van der Waals surface area contributed by atoms with Crippen molar-refractivity contribution in [1.29, 1.82) is 0 Å². The number of ether oxygens (including phenoxy) is 2. The van der Waals surface area contributed by atoms with Gasteiger partial charge in [0, 0.05) is 30.4 Å². The SMILES string of the molecule is CCC(=O)N(CCCN(C)C)c1ccc(N=C(c2ccccc2)C2C(=O)Nc3cc(OC)c(OC)cc32)cc1. The number of nitrogens with one attached hydrogen (secondary N) is 1. The fourth-order valence-electron chi connectivity index (χ4n) is 4.74. The molecule has 0 saturated carbocycles. The zero-order chi connectivity index (χ0) is 27.9. The maximum Gasteiger partial charge on any atom is 0.238 e. The molecule has 0 radical (unpaired) electrons. The largest absolute Gasteiger partial charge is 0.493 e. The van der Waals surface area contributed by atoms with E-state index in [2.05, 4.69) is 10.2 Å². The van der Waals surface area contributed by atoms with Crippen LogP contribution in [-0.2, 0) is 9.59 Å². The van der Waals surface area contributed by atoms with Crippen LogP contribution in [0, 0.1) is 0 Å². The van der Waals surface area contributed by atoms with E-state index in [1.54, 1.807) is 20.3 Å². The van der Waals surface area contributed by atoms with Crippen LogP contribution in [0.4, 0.5) is 17.1 Å². The van der Waals surface area contributed by atoms with Gasteiger partial charge in [0.05, 0.1) is 25.6 Å². The fraction of sp³-hybridized carbons (Fsp3) is 0.323. The molecule has 1 heterocycles. The minimum Gasteiger partial charge on any atom is -0.493 e. The molecule has 8 heteroatoms. The van der Waals surface area contributed by atoms with Crippen LogP contribution < -0.4 is 19.7 Å². The lowest BCUT2D eigenvalue weighted by molar-refractivity contribution is -0.118. The van der Waals surface area contributed by atoms with Crippen molar-refractivity contribution in [3.63, 3.8) is 0 Å². The Hall–Kier alpha value is -4.17. The average molecular weight is 529 g/mol. The van der Waals surface area contributed by atoms with Crippen molar-refractivity contribution in [1.82, 2.24) is 4.90 Å². The Morgan fingerprint density at radius 1 is 0.949 bits per heavy atom. The summed E-state index contributed by atoms with van der Waals surface area (Å²) in [5.74, 6) is 0.372. The topological polar surface area (TPSA) is 83.5 Å². The molecule has 1 atom stereocenters. The lowest BCUT2D eigenvalue weighted by Crippen LogP contribution is -2.32. The lowest BCUT2D eigenvalue weighted by atomic mass is 9.90. The van der Waals surface area contributed by atoms with Crippen LogP contribution >= 0.6 is 0 Å². The maximum absolute atomic E-state index is 13.3. The van der Waals surface area contributed by atoms with E-state index in [9.17, 15) is 9.59 Å². The van der Waals surface area contributed by atoms with Gasteiger partial charge in [-0.05, 0) is 68.5 Å². The summed E-state index contributed by atoms with van der Waals surface area (Å²) in [6.45, 7) is 3.42. The normalized spacial score (nSPS) is 14.7. The van der Waals surface area contributed by atoms with Crippen LogP contribution in [0.2, 0.25) is 0 Å². The molecule has 3 aromatic carbocycles. The van der Waals surface area contributed by atoms with Crippen LogP contribution in [0.15, 0.2) is 71.7 Å². The number of rotatable bonds is 11. The van der Waals surface area contributed by atoms with Crippen molar-refractivity contribution in [3.05, 3.63) is 77.9 Å². The summed E-state index contributed by atoms with van der Waals surface area (Å²) in [6, 6.07) is 20.9. The summed E-state index contributed by atoms with van der Waals surface area (Å²) >= 11 is 0. The van der Waals surface area contributed by atoms with E-state index in [0.717, 1.165) is 29.8 Å². The van der Waals surface area contributed by atoms with Gasteiger partial charge >= 0.3 is 0 Å². The molecule has 2 amide bonds. The average Bonchev–Trinajstić information content (AvgIpc) is 3.27. The highest BCUT2D eigenvalue weighted by Gasteiger charge is 2.36. The Kier molecular flexibility index (Phi) is 8.99. The third-order valence-electron chi connectivity index (χ3n) is 6.73. The van der Waals surface area contributed by atoms with Crippen molar-refractivity contribution in [2.45, 2.75) is 25.7 Å². The number of carbonyl (C=O) groups excluding carboxylic acids is 2. The minimum absolute atomic E-state index is 0.0820. The monoisotopic (exact) mass is 528 g/mol. The van der Waals surface area contributed by atoms with E-state index in [1.807, 2.05) is 86.6 Å². The number of fused-ring (bicyclic) bond motifs is 1. The van der Waals surface area contributed by atoms with Crippen LogP contribution in [0.3, 0.4) is 0 Å². The zero-order valence-corrected chi connectivity index (χ0v) is 23.2. The van der Waals surface area contributed by atoms with Gasteiger partial charge in [0.2, 0.25) is 11.8 Å². The van der Waals surface area contributed by atoms with Crippen molar-refractivity contribution >= 4 is 34.6 Å². The van der Waals surface area contributed by atoms with Crippen molar-refractivity contribution in [3.8, 4) is 11.5 Å². The number of aliphatic imine (C=N–C) groups is 1. The van der Waals surface area contributed by atoms with Gasteiger partial charge in [0.25, 0.3) is 0 Å². The first kappa shape index (κ1) is 27.9. The third-order valence-corrected chi connectivity index (χ3v) is 6.73. The Bertz CT molecular complexity index is 1340. The smallest absolute Gasteiger partial charge is 0.238 e. The fourth-order valence-corrected chi connectivity index (χ4v) is 4.74. The van der Waals surface area contributed by atoms with Gasteiger partial charge in [-0.1, -0.05) is 37.3 Å². The van der Waals surface area contributed by atoms with Gasteiger partial charge in [-0.15, -0.1) is 0 Å². The highest BCUT2D eigenvalue weighted by atomic mass is 16.5. The third kappa shape index (κ3) is 6.29. The number of hydrogen-bond donors (Lipinski definition) is 1. The van der Waals surface area contributed by atoms with Crippen LogP contribution in [0.1, 0.15) is 36.8 Å². The molecule has 204 valence electrons. The molecule has 1 unspecified atom stereocenters. The number of nitrogens with zero attached hydrogens (tertiary/aromatic N) is 3. The molecule has 0 aromatic heterocycles.